The van der Waals surface area contributed by atoms with Crippen LogP contribution in [0, 0.1) is 0 Å². The normalized spacial score (nSPS) is 19.7. The minimum Gasteiger partial charge on any atom is -0.468 e. The van der Waals surface area contributed by atoms with Crippen molar-refractivity contribution in [3.05, 3.63) is 29.3 Å². The van der Waals surface area contributed by atoms with Gasteiger partial charge in [-0.15, -0.1) is 0 Å². The molecule has 0 saturated carbocycles. The molecule has 0 aromatic heterocycles. The first-order valence-corrected chi connectivity index (χ1v) is 5.24. The monoisotopic (exact) mass is 208 g/mol. The molecule has 3 nitrogen and oxygen atoms in total. The van der Waals surface area contributed by atoms with Gasteiger partial charge in [-0.3, -0.25) is 0 Å². The number of rotatable bonds is 3. The Hall–Kier alpha value is -1.06. The molecule has 1 unspecified atom stereocenters. The van der Waals surface area contributed by atoms with Crippen LogP contribution in [0.25, 0.3) is 0 Å². The number of aliphatic hydroxyl groups is 1. The zero-order valence-electron chi connectivity index (χ0n) is 8.90. The van der Waals surface area contributed by atoms with Crippen LogP contribution in [0.15, 0.2) is 18.2 Å². The second kappa shape index (κ2) is 4.64. The molecule has 0 heterocycles. The number of hydrogen-bond donors (Lipinski definition) is 1. The van der Waals surface area contributed by atoms with E-state index in [1.807, 2.05) is 18.2 Å². The van der Waals surface area contributed by atoms with E-state index in [9.17, 15) is 5.11 Å². The van der Waals surface area contributed by atoms with Crippen LogP contribution in [0.1, 0.15) is 30.1 Å². The number of hydrogen-bond acceptors (Lipinski definition) is 3. The molecule has 0 spiro atoms. The van der Waals surface area contributed by atoms with Gasteiger partial charge in [0.05, 0.1) is 6.10 Å². The standard InChI is InChI=1S/C12H16O3/c1-14-8-15-10-6-5-9-3-2-4-12(13)11(9)7-10/h5-7,12-13H,2-4,8H2,1H3. The first kappa shape index (κ1) is 10.5. The maximum Gasteiger partial charge on any atom is 0.188 e. The predicted octanol–water partition coefficient (Wildman–Crippen LogP) is 2.04. The summed E-state index contributed by atoms with van der Waals surface area (Å²) in [5.74, 6) is 0.761. The fraction of sp³-hybridized carbons (Fsp3) is 0.500. The molecule has 82 valence electrons. The molecule has 0 saturated heterocycles. The number of benzene rings is 1. The number of ether oxygens (including phenoxy) is 2. The van der Waals surface area contributed by atoms with Crippen molar-refractivity contribution in [2.45, 2.75) is 25.4 Å². The molecule has 1 aromatic rings. The summed E-state index contributed by atoms with van der Waals surface area (Å²) in [4.78, 5) is 0. The highest BCUT2D eigenvalue weighted by atomic mass is 16.7. The van der Waals surface area contributed by atoms with Gasteiger partial charge >= 0.3 is 0 Å². The second-order valence-electron chi connectivity index (χ2n) is 3.82. The van der Waals surface area contributed by atoms with Crippen LogP contribution in [-0.2, 0) is 11.2 Å². The van der Waals surface area contributed by atoms with Gasteiger partial charge in [0.1, 0.15) is 5.75 Å². The fourth-order valence-corrected chi connectivity index (χ4v) is 1.97. The van der Waals surface area contributed by atoms with E-state index >= 15 is 0 Å². The summed E-state index contributed by atoms with van der Waals surface area (Å²) in [5, 5.41) is 9.82. The first-order chi connectivity index (χ1) is 7.31. The molecular weight excluding hydrogens is 192 g/mol. The molecule has 0 aliphatic heterocycles. The maximum atomic E-state index is 9.82. The molecule has 1 aromatic carbocycles. The summed E-state index contributed by atoms with van der Waals surface area (Å²) in [6, 6.07) is 5.87. The lowest BCUT2D eigenvalue weighted by Gasteiger charge is -2.21. The van der Waals surface area contributed by atoms with Crippen molar-refractivity contribution < 1.29 is 14.6 Å². The quantitative estimate of drug-likeness (QED) is 0.772. The van der Waals surface area contributed by atoms with Gasteiger partial charge in [0.2, 0.25) is 0 Å². The van der Waals surface area contributed by atoms with Crippen molar-refractivity contribution >= 4 is 0 Å². The van der Waals surface area contributed by atoms with E-state index in [4.69, 9.17) is 9.47 Å². The maximum absolute atomic E-state index is 9.82. The van der Waals surface area contributed by atoms with E-state index in [1.165, 1.54) is 5.56 Å². The third-order valence-electron chi connectivity index (χ3n) is 2.74. The van der Waals surface area contributed by atoms with E-state index in [1.54, 1.807) is 7.11 Å². The largest absolute Gasteiger partial charge is 0.468 e. The van der Waals surface area contributed by atoms with Crippen molar-refractivity contribution in [1.82, 2.24) is 0 Å². The van der Waals surface area contributed by atoms with Crippen LogP contribution in [-0.4, -0.2) is 19.0 Å². The van der Waals surface area contributed by atoms with Gasteiger partial charge in [0, 0.05) is 7.11 Å². The zero-order valence-corrected chi connectivity index (χ0v) is 8.90. The van der Waals surface area contributed by atoms with Crippen molar-refractivity contribution in [2.24, 2.45) is 0 Å². The van der Waals surface area contributed by atoms with E-state index in [-0.39, 0.29) is 12.9 Å². The van der Waals surface area contributed by atoms with Crippen LogP contribution in [0.5, 0.6) is 5.75 Å². The Bertz CT molecular complexity index is 336. The SMILES string of the molecule is COCOc1ccc2c(c1)C(O)CCC2. The fourth-order valence-electron chi connectivity index (χ4n) is 1.97. The van der Waals surface area contributed by atoms with E-state index < -0.39 is 0 Å². The van der Waals surface area contributed by atoms with Crippen LogP contribution < -0.4 is 4.74 Å². The molecule has 0 amide bonds. The number of aliphatic hydroxyl groups excluding tert-OH is 1. The smallest absolute Gasteiger partial charge is 0.188 e. The van der Waals surface area contributed by atoms with Crippen molar-refractivity contribution in [2.75, 3.05) is 13.9 Å². The van der Waals surface area contributed by atoms with Gasteiger partial charge < -0.3 is 14.6 Å². The van der Waals surface area contributed by atoms with Gasteiger partial charge in [0.25, 0.3) is 0 Å². The van der Waals surface area contributed by atoms with Gasteiger partial charge in [-0.05, 0) is 42.5 Å². The Morgan fingerprint density at radius 3 is 3.13 bits per heavy atom. The van der Waals surface area contributed by atoms with Gasteiger partial charge in [-0.2, -0.15) is 0 Å². The highest BCUT2D eigenvalue weighted by Crippen LogP contribution is 2.32. The topological polar surface area (TPSA) is 38.7 Å². The van der Waals surface area contributed by atoms with Crippen LogP contribution in [0.3, 0.4) is 0 Å². The van der Waals surface area contributed by atoms with Crippen molar-refractivity contribution in [3.63, 3.8) is 0 Å². The Morgan fingerprint density at radius 1 is 1.47 bits per heavy atom. The molecule has 1 N–H and O–H groups in total. The molecule has 0 bridgehead atoms. The Balaban J connectivity index is 2.19. The molecular formula is C12H16O3. The molecule has 1 aliphatic rings. The molecule has 1 aliphatic carbocycles. The summed E-state index contributed by atoms with van der Waals surface area (Å²) < 4.78 is 10.2. The number of fused-ring (bicyclic) bond motifs is 1. The zero-order chi connectivity index (χ0) is 10.7. The predicted molar refractivity (Wildman–Crippen MR) is 56.8 cm³/mol. The third kappa shape index (κ3) is 2.30. The van der Waals surface area contributed by atoms with E-state index in [2.05, 4.69) is 0 Å². The van der Waals surface area contributed by atoms with Gasteiger partial charge in [0.15, 0.2) is 6.79 Å². The van der Waals surface area contributed by atoms with Gasteiger partial charge in [-0.25, -0.2) is 0 Å². The summed E-state index contributed by atoms with van der Waals surface area (Å²) in [6.07, 6.45) is 2.63. The molecule has 15 heavy (non-hydrogen) atoms. The Kier molecular flexibility index (Phi) is 3.23. The van der Waals surface area contributed by atoms with Crippen molar-refractivity contribution in [1.29, 1.82) is 0 Å². The van der Waals surface area contributed by atoms with Gasteiger partial charge in [-0.1, -0.05) is 6.07 Å². The molecule has 3 heteroatoms. The molecule has 0 fully saturated rings. The highest BCUT2D eigenvalue weighted by Gasteiger charge is 2.18. The second-order valence-corrected chi connectivity index (χ2v) is 3.82. The summed E-state index contributed by atoms with van der Waals surface area (Å²) in [5.41, 5.74) is 2.24. The van der Waals surface area contributed by atoms with Crippen molar-refractivity contribution in [3.8, 4) is 5.75 Å². The summed E-state index contributed by atoms with van der Waals surface area (Å²) in [6.45, 7) is 0.245. The number of methoxy groups -OCH3 is 1. The molecule has 2 rings (SSSR count). The average Bonchev–Trinajstić information content (AvgIpc) is 2.27. The number of aryl methyl sites for hydroxylation is 1. The highest BCUT2D eigenvalue weighted by molar-refractivity contribution is 5.38. The summed E-state index contributed by atoms with van der Waals surface area (Å²) >= 11 is 0. The van der Waals surface area contributed by atoms with Crippen LogP contribution >= 0.6 is 0 Å². The van der Waals surface area contributed by atoms with E-state index in [0.717, 1.165) is 30.6 Å². The van der Waals surface area contributed by atoms with Crippen LogP contribution in [0.4, 0.5) is 0 Å². The lowest BCUT2D eigenvalue weighted by molar-refractivity contribution is 0.0507. The molecule has 1 atom stereocenters. The lowest BCUT2D eigenvalue weighted by Crippen LogP contribution is -2.09. The average molecular weight is 208 g/mol. The Morgan fingerprint density at radius 2 is 2.33 bits per heavy atom. The summed E-state index contributed by atoms with van der Waals surface area (Å²) in [7, 11) is 1.59. The van der Waals surface area contributed by atoms with Crippen LogP contribution in [0.2, 0.25) is 0 Å². The minimum absolute atomic E-state index is 0.245. The first-order valence-electron chi connectivity index (χ1n) is 5.24. The van der Waals surface area contributed by atoms with E-state index in [0.29, 0.717) is 0 Å². The lowest BCUT2D eigenvalue weighted by atomic mass is 9.89. The minimum atomic E-state index is -0.333. The molecule has 0 radical (unpaired) electrons. The third-order valence-corrected chi connectivity index (χ3v) is 2.74. The Labute approximate surface area is 89.6 Å².